The van der Waals surface area contributed by atoms with Crippen LogP contribution >= 0.6 is 39.1 Å². The molecule has 0 radical (unpaired) electrons. The molecule has 2 nitrogen and oxygen atoms in total. The molecule has 2 rings (SSSR count). The predicted octanol–water partition coefficient (Wildman–Crippen LogP) is 5.44. The van der Waals surface area contributed by atoms with Gasteiger partial charge in [-0.25, -0.2) is 0 Å². The molecule has 0 amide bonds. The third-order valence-corrected chi connectivity index (χ3v) is 3.80. The van der Waals surface area contributed by atoms with E-state index in [4.69, 9.17) is 33.7 Å². The van der Waals surface area contributed by atoms with E-state index in [-0.39, 0.29) is 6.04 Å². The van der Waals surface area contributed by atoms with Crippen LogP contribution in [0.4, 0.5) is 0 Å². The summed E-state index contributed by atoms with van der Waals surface area (Å²) in [5.74, 6) is 1.16. The zero-order valence-electron chi connectivity index (χ0n) is 10.9. The lowest BCUT2D eigenvalue weighted by molar-refractivity contribution is 0.474. The van der Waals surface area contributed by atoms with Crippen LogP contribution in [0.15, 0.2) is 40.9 Å². The molecule has 1 unspecified atom stereocenters. The molecule has 0 bridgehead atoms. The second kappa shape index (κ2) is 6.81. The van der Waals surface area contributed by atoms with Crippen molar-refractivity contribution in [1.29, 1.82) is 0 Å². The van der Waals surface area contributed by atoms with Crippen LogP contribution in [-0.2, 0) is 6.42 Å². The molecule has 20 heavy (non-hydrogen) atoms. The molecule has 0 aliphatic rings. The maximum atomic E-state index is 6.23. The average Bonchev–Trinajstić information content (AvgIpc) is 2.37. The highest BCUT2D eigenvalue weighted by atomic mass is 79.9. The molecule has 0 saturated heterocycles. The molecular weight excluding hydrogens is 361 g/mol. The monoisotopic (exact) mass is 373 g/mol. The third-order valence-electron chi connectivity index (χ3n) is 2.70. The topological polar surface area (TPSA) is 35.2 Å². The molecule has 0 aliphatic carbocycles. The summed E-state index contributed by atoms with van der Waals surface area (Å²) in [5.41, 5.74) is 6.82. The first-order valence-electron chi connectivity index (χ1n) is 6.13. The van der Waals surface area contributed by atoms with E-state index >= 15 is 0 Å². The maximum absolute atomic E-state index is 6.23. The molecule has 0 fully saturated rings. The summed E-state index contributed by atoms with van der Waals surface area (Å²) in [4.78, 5) is 0. The number of hydrogen-bond donors (Lipinski definition) is 1. The van der Waals surface area contributed by atoms with Crippen molar-refractivity contribution in [1.82, 2.24) is 0 Å². The second-order valence-electron chi connectivity index (χ2n) is 4.59. The van der Waals surface area contributed by atoms with E-state index in [1.165, 1.54) is 0 Å². The van der Waals surface area contributed by atoms with Gasteiger partial charge in [0.05, 0.1) is 10.0 Å². The molecule has 0 spiro atoms. The van der Waals surface area contributed by atoms with Crippen LogP contribution in [0.25, 0.3) is 0 Å². The minimum absolute atomic E-state index is 0.0220. The molecule has 0 saturated carbocycles. The molecule has 1 atom stereocenters. The van der Waals surface area contributed by atoms with Crippen molar-refractivity contribution in [2.24, 2.45) is 5.73 Å². The predicted molar refractivity (Wildman–Crippen MR) is 88.0 cm³/mol. The fraction of sp³-hybridized carbons (Fsp3) is 0.200. The fourth-order valence-electron chi connectivity index (χ4n) is 1.84. The number of rotatable bonds is 4. The quantitative estimate of drug-likeness (QED) is 0.773. The molecule has 0 aromatic heterocycles. The molecule has 106 valence electrons. The smallest absolute Gasteiger partial charge is 0.149 e. The van der Waals surface area contributed by atoms with Gasteiger partial charge in [0, 0.05) is 10.5 Å². The van der Waals surface area contributed by atoms with Crippen molar-refractivity contribution in [3.63, 3.8) is 0 Å². The first-order chi connectivity index (χ1) is 9.47. The van der Waals surface area contributed by atoms with Gasteiger partial charge in [-0.1, -0.05) is 51.3 Å². The van der Waals surface area contributed by atoms with Gasteiger partial charge in [0.2, 0.25) is 0 Å². The zero-order chi connectivity index (χ0) is 14.7. The highest BCUT2D eigenvalue weighted by Crippen LogP contribution is 2.37. The summed E-state index contributed by atoms with van der Waals surface area (Å²) in [6.07, 6.45) is 0.682. The zero-order valence-corrected chi connectivity index (χ0v) is 14.0. The average molecular weight is 375 g/mol. The van der Waals surface area contributed by atoms with E-state index < -0.39 is 0 Å². The van der Waals surface area contributed by atoms with Crippen molar-refractivity contribution >= 4 is 39.1 Å². The molecule has 2 N–H and O–H groups in total. The van der Waals surface area contributed by atoms with Gasteiger partial charge >= 0.3 is 0 Å². The van der Waals surface area contributed by atoms with E-state index in [1.807, 2.05) is 25.1 Å². The van der Waals surface area contributed by atoms with Crippen LogP contribution in [0.5, 0.6) is 11.5 Å². The molecule has 5 heteroatoms. The van der Waals surface area contributed by atoms with Crippen molar-refractivity contribution < 1.29 is 4.74 Å². The summed E-state index contributed by atoms with van der Waals surface area (Å²) >= 11 is 15.8. The van der Waals surface area contributed by atoms with E-state index in [0.29, 0.717) is 28.0 Å². The summed E-state index contributed by atoms with van der Waals surface area (Å²) in [6, 6.07) is 11.1. The summed E-state index contributed by atoms with van der Waals surface area (Å²) in [7, 11) is 0. The molecule has 0 heterocycles. The minimum atomic E-state index is 0.0220. The first kappa shape index (κ1) is 15.6. The largest absolute Gasteiger partial charge is 0.454 e. The molecule has 2 aromatic rings. The molecule has 0 aliphatic heterocycles. The third kappa shape index (κ3) is 3.89. The molecule has 2 aromatic carbocycles. The number of ether oxygens (including phenoxy) is 1. The standard InChI is InChI=1S/C15H14BrCl2NO/c1-9(19)7-10-3-2-4-13(18)15(10)20-14-8-11(16)5-6-12(14)17/h2-6,8-9H,7,19H2,1H3. The SMILES string of the molecule is CC(N)Cc1cccc(Cl)c1Oc1cc(Br)ccc1Cl. The van der Waals surface area contributed by atoms with E-state index in [2.05, 4.69) is 15.9 Å². The van der Waals surface area contributed by atoms with Crippen molar-refractivity contribution in [2.75, 3.05) is 0 Å². The Morgan fingerprint density at radius 1 is 1.20 bits per heavy atom. The number of halogens is 3. The van der Waals surface area contributed by atoms with Crippen LogP contribution in [0.1, 0.15) is 12.5 Å². The number of benzene rings is 2. The minimum Gasteiger partial charge on any atom is -0.454 e. The van der Waals surface area contributed by atoms with Gasteiger partial charge in [0.1, 0.15) is 11.5 Å². The van der Waals surface area contributed by atoms with Gasteiger partial charge in [-0.15, -0.1) is 0 Å². The lowest BCUT2D eigenvalue weighted by atomic mass is 10.1. The van der Waals surface area contributed by atoms with E-state index in [0.717, 1.165) is 10.0 Å². The first-order valence-corrected chi connectivity index (χ1v) is 7.68. The van der Waals surface area contributed by atoms with Gasteiger partial charge in [0.15, 0.2) is 0 Å². The Bertz CT molecular complexity index is 617. The Hall–Kier alpha value is -0.740. The van der Waals surface area contributed by atoms with Crippen LogP contribution in [0.3, 0.4) is 0 Å². The Labute approximate surface area is 137 Å². The lowest BCUT2D eigenvalue weighted by Gasteiger charge is -2.15. The van der Waals surface area contributed by atoms with E-state index in [9.17, 15) is 0 Å². The van der Waals surface area contributed by atoms with Gasteiger partial charge in [-0.3, -0.25) is 0 Å². The lowest BCUT2D eigenvalue weighted by Crippen LogP contribution is -2.18. The highest BCUT2D eigenvalue weighted by molar-refractivity contribution is 9.10. The summed E-state index contributed by atoms with van der Waals surface area (Å²) < 4.78 is 6.79. The van der Waals surface area contributed by atoms with Crippen molar-refractivity contribution in [3.05, 3.63) is 56.5 Å². The van der Waals surface area contributed by atoms with Gasteiger partial charge in [0.25, 0.3) is 0 Å². The van der Waals surface area contributed by atoms with Gasteiger partial charge in [-0.05, 0) is 43.2 Å². The normalized spacial score (nSPS) is 12.2. The summed E-state index contributed by atoms with van der Waals surface area (Å²) in [6.45, 7) is 1.94. The van der Waals surface area contributed by atoms with Crippen LogP contribution in [0, 0.1) is 0 Å². The Balaban J connectivity index is 2.39. The Morgan fingerprint density at radius 3 is 2.65 bits per heavy atom. The second-order valence-corrected chi connectivity index (χ2v) is 6.32. The number of nitrogens with two attached hydrogens (primary N) is 1. The van der Waals surface area contributed by atoms with Crippen molar-refractivity contribution in [3.8, 4) is 11.5 Å². The van der Waals surface area contributed by atoms with Crippen LogP contribution < -0.4 is 10.5 Å². The fourth-order valence-corrected chi connectivity index (χ4v) is 2.57. The highest BCUT2D eigenvalue weighted by Gasteiger charge is 2.13. The number of para-hydroxylation sites is 1. The van der Waals surface area contributed by atoms with Crippen LogP contribution in [-0.4, -0.2) is 6.04 Å². The number of hydrogen-bond acceptors (Lipinski definition) is 2. The molecular formula is C15H14BrCl2NO. The van der Waals surface area contributed by atoms with Crippen LogP contribution in [0.2, 0.25) is 10.0 Å². The van der Waals surface area contributed by atoms with Gasteiger partial charge < -0.3 is 10.5 Å². The Morgan fingerprint density at radius 2 is 1.95 bits per heavy atom. The van der Waals surface area contributed by atoms with E-state index in [1.54, 1.807) is 18.2 Å². The van der Waals surface area contributed by atoms with Crippen molar-refractivity contribution in [2.45, 2.75) is 19.4 Å². The maximum Gasteiger partial charge on any atom is 0.149 e. The van der Waals surface area contributed by atoms with Gasteiger partial charge in [-0.2, -0.15) is 0 Å². The Kier molecular flexibility index (Phi) is 5.33. The summed E-state index contributed by atoms with van der Waals surface area (Å²) in [5, 5.41) is 1.07.